The Morgan fingerprint density at radius 2 is 1.86 bits per heavy atom. The van der Waals surface area contributed by atoms with Crippen LogP contribution in [-0.2, 0) is 12.0 Å². The largest absolute Gasteiger partial charge is 0.394 e. The fourth-order valence-corrected chi connectivity index (χ4v) is 3.39. The van der Waals surface area contributed by atoms with Gasteiger partial charge in [-0.2, -0.15) is 0 Å². The molecule has 21 heavy (non-hydrogen) atoms. The van der Waals surface area contributed by atoms with Crippen molar-refractivity contribution in [2.45, 2.75) is 37.8 Å². The van der Waals surface area contributed by atoms with E-state index in [4.69, 9.17) is 0 Å². The summed E-state index contributed by atoms with van der Waals surface area (Å²) in [6.07, 6.45) is 3.46. The van der Waals surface area contributed by atoms with E-state index in [1.807, 2.05) is 0 Å². The van der Waals surface area contributed by atoms with E-state index < -0.39 is 0 Å². The van der Waals surface area contributed by atoms with Crippen molar-refractivity contribution in [3.05, 3.63) is 59.2 Å². The highest BCUT2D eigenvalue weighted by molar-refractivity contribution is 5.77. The number of hydrogen-bond acceptors (Lipinski definition) is 2. The molecule has 0 amide bonds. The van der Waals surface area contributed by atoms with Gasteiger partial charge in [0.15, 0.2) is 0 Å². The Bertz CT molecular complexity index is 690. The van der Waals surface area contributed by atoms with Gasteiger partial charge in [-0.15, -0.1) is 0 Å². The Hall–Kier alpha value is -1.64. The molecule has 0 radical (unpaired) electrons. The second-order valence-electron chi connectivity index (χ2n) is 6.61. The van der Waals surface area contributed by atoms with Crippen LogP contribution in [-0.4, -0.2) is 17.8 Å². The quantitative estimate of drug-likeness (QED) is 0.768. The minimum Gasteiger partial charge on any atom is -0.394 e. The number of aliphatic hydroxyl groups excluding tert-OH is 1. The Morgan fingerprint density at radius 3 is 2.62 bits per heavy atom. The van der Waals surface area contributed by atoms with Crippen molar-refractivity contribution in [2.24, 2.45) is 0 Å². The van der Waals surface area contributed by atoms with Crippen molar-refractivity contribution in [1.29, 1.82) is 0 Å². The van der Waals surface area contributed by atoms with E-state index in [9.17, 15) is 5.11 Å². The summed E-state index contributed by atoms with van der Waals surface area (Å²) in [7, 11) is 0. The molecule has 108 valence electrons. The Balaban J connectivity index is 1.72. The second-order valence-corrected chi connectivity index (χ2v) is 6.61. The summed E-state index contributed by atoms with van der Waals surface area (Å²) in [6.45, 7) is 2.24. The van der Waals surface area contributed by atoms with Crippen LogP contribution in [0.25, 0.3) is 11.1 Å². The van der Waals surface area contributed by atoms with Crippen molar-refractivity contribution in [2.75, 3.05) is 6.61 Å². The summed E-state index contributed by atoms with van der Waals surface area (Å²) in [5.41, 5.74) is 6.37. The predicted octanol–water partition coefficient (Wildman–Crippen LogP) is 3.22. The molecule has 2 nitrogen and oxygen atoms in total. The van der Waals surface area contributed by atoms with Crippen molar-refractivity contribution >= 4 is 0 Å². The topological polar surface area (TPSA) is 32.3 Å². The third-order valence-electron chi connectivity index (χ3n) is 4.85. The van der Waals surface area contributed by atoms with Gasteiger partial charge in [-0.25, -0.2) is 0 Å². The van der Waals surface area contributed by atoms with Gasteiger partial charge in [0.05, 0.1) is 12.1 Å². The molecule has 1 unspecified atom stereocenters. The number of fused-ring (bicyclic) bond motifs is 3. The molecule has 1 fully saturated rings. The van der Waals surface area contributed by atoms with E-state index in [2.05, 4.69) is 54.7 Å². The molecule has 2 aliphatic carbocycles. The predicted molar refractivity (Wildman–Crippen MR) is 85.3 cm³/mol. The molecule has 0 saturated heterocycles. The lowest BCUT2D eigenvalue weighted by Gasteiger charge is -2.30. The average molecular weight is 279 g/mol. The monoisotopic (exact) mass is 279 g/mol. The molecule has 0 bridgehead atoms. The van der Waals surface area contributed by atoms with Gasteiger partial charge in [0.2, 0.25) is 0 Å². The van der Waals surface area contributed by atoms with Gasteiger partial charge >= 0.3 is 0 Å². The second kappa shape index (κ2) is 4.69. The van der Waals surface area contributed by atoms with Gasteiger partial charge in [-0.3, -0.25) is 0 Å². The van der Waals surface area contributed by atoms with E-state index in [1.165, 1.54) is 40.7 Å². The van der Waals surface area contributed by atoms with Crippen LogP contribution in [0.3, 0.4) is 0 Å². The lowest BCUT2D eigenvalue weighted by atomic mass is 9.90. The molecule has 0 aliphatic heterocycles. The maximum atomic E-state index is 9.87. The number of hydrogen-bond donors (Lipinski definition) is 2. The summed E-state index contributed by atoms with van der Waals surface area (Å²) in [6, 6.07) is 15.9. The fourth-order valence-electron chi connectivity index (χ4n) is 3.39. The van der Waals surface area contributed by atoms with Crippen LogP contribution in [0.15, 0.2) is 42.5 Å². The highest BCUT2D eigenvalue weighted by Crippen LogP contribution is 2.38. The van der Waals surface area contributed by atoms with Gasteiger partial charge in [0, 0.05) is 6.04 Å². The van der Waals surface area contributed by atoms with Crippen LogP contribution in [0.1, 0.15) is 36.5 Å². The normalized spacial score (nSPS) is 19.0. The van der Waals surface area contributed by atoms with Crippen molar-refractivity contribution in [3.8, 4) is 11.1 Å². The van der Waals surface area contributed by atoms with Crippen molar-refractivity contribution in [3.63, 3.8) is 0 Å². The van der Waals surface area contributed by atoms with Gasteiger partial charge in [0.25, 0.3) is 0 Å². The highest BCUT2D eigenvalue weighted by Gasteiger charge is 2.34. The van der Waals surface area contributed by atoms with Crippen LogP contribution >= 0.6 is 0 Å². The fraction of sp³-hybridized carbons (Fsp3) is 0.368. The molecule has 4 rings (SSSR count). The molecule has 0 heterocycles. The van der Waals surface area contributed by atoms with Crippen molar-refractivity contribution in [1.82, 2.24) is 5.32 Å². The first kappa shape index (κ1) is 13.1. The smallest absolute Gasteiger partial charge is 0.0652 e. The first-order valence-electron chi connectivity index (χ1n) is 7.80. The first-order valence-corrected chi connectivity index (χ1v) is 7.80. The molecular formula is C19H21NO. The van der Waals surface area contributed by atoms with Crippen LogP contribution in [0.4, 0.5) is 0 Å². The minimum atomic E-state index is -0.328. The maximum absolute atomic E-state index is 9.87. The van der Waals surface area contributed by atoms with Crippen LogP contribution in [0, 0.1) is 0 Å². The molecule has 2 aliphatic rings. The van der Waals surface area contributed by atoms with E-state index in [1.54, 1.807) is 0 Å². The summed E-state index contributed by atoms with van der Waals surface area (Å²) in [5.74, 6) is 0. The Kier molecular flexibility index (Phi) is 2.91. The van der Waals surface area contributed by atoms with Crippen LogP contribution in [0.5, 0.6) is 0 Å². The van der Waals surface area contributed by atoms with Gasteiger partial charge in [0.1, 0.15) is 0 Å². The number of aliphatic hydroxyl groups is 1. The number of rotatable bonds is 4. The summed E-state index contributed by atoms with van der Waals surface area (Å²) >= 11 is 0. The third kappa shape index (κ3) is 2.19. The molecule has 0 aromatic heterocycles. The lowest BCUT2D eigenvalue weighted by molar-refractivity contribution is 0.173. The van der Waals surface area contributed by atoms with E-state index in [0.717, 1.165) is 6.42 Å². The maximum Gasteiger partial charge on any atom is 0.0652 e. The molecule has 2 N–H and O–H groups in total. The molecule has 2 aromatic carbocycles. The average Bonchev–Trinajstić information content (AvgIpc) is 3.24. The Morgan fingerprint density at radius 1 is 1.10 bits per heavy atom. The number of benzene rings is 2. The molecule has 2 heteroatoms. The summed E-state index contributed by atoms with van der Waals surface area (Å²) in [4.78, 5) is 0. The highest BCUT2D eigenvalue weighted by atomic mass is 16.3. The zero-order valence-electron chi connectivity index (χ0n) is 12.4. The molecule has 1 atom stereocenters. The minimum absolute atomic E-state index is 0.134. The lowest BCUT2D eigenvalue weighted by Crippen LogP contribution is -2.44. The van der Waals surface area contributed by atoms with Crippen LogP contribution in [0.2, 0.25) is 0 Å². The molecule has 2 aromatic rings. The van der Waals surface area contributed by atoms with Crippen LogP contribution < -0.4 is 5.32 Å². The van der Waals surface area contributed by atoms with E-state index in [-0.39, 0.29) is 12.1 Å². The zero-order valence-corrected chi connectivity index (χ0v) is 12.4. The number of nitrogens with one attached hydrogen (secondary N) is 1. The van der Waals surface area contributed by atoms with Crippen molar-refractivity contribution < 1.29 is 5.11 Å². The molecular weight excluding hydrogens is 258 g/mol. The molecule has 0 spiro atoms. The summed E-state index contributed by atoms with van der Waals surface area (Å²) in [5, 5.41) is 13.5. The van der Waals surface area contributed by atoms with E-state index in [0.29, 0.717) is 6.04 Å². The Labute approximate surface area is 125 Å². The SMILES string of the molecule is CC(CO)(NC1CC1)c1ccc2c(c1)Cc1ccccc1-2. The molecule has 1 saturated carbocycles. The third-order valence-corrected chi connectivity index (χ3v) is 4.85. The van der Waals surface area contributed by atoms with Gasteiger partial charge < -0.3 is 10.4 Å². The van der Waals surface area contributed by atoms with Gasteiger partial charge in [-0.1, -0.05) is 42.5 Å². The first-order chi connectivity index (χ1) is 10.2. The standard InChI is InChI=1S/C19H21NO/c1-19(12-21,20-16-7-8-16)15-6-9-18-14(11-15)10-13-4-2-3-5-17(13)18/h2-6,9,11,16,20-21H,7-8,10,12H2,1H3. The van der Waals surface area contributed by atoms with Gasteiger partial charge in [-0.05, 0) is 54.0 Å². The summed E-state index contributed by atoms with van der Waals surface area (Å²) < 4.78 is 0. The van der Waals surface area contributed by atoms with E-state index >= 15 is 0 Å². The zero-order chi connectivity index (χ0) is 14.4.